The van der Waals surface area contributed by atoms with E-state index in [1.807, 2.05) is 54.6 Å². The topological polar surface area (TPSA) is 154 Å². The van der Waals surface area contributed by atoms with Crippen LogP contribution in [0, 0.1) is 10.1 Å². The van der Waals surface area contributed by atoms with E-state index in [-0.39, 0.29) is 31.7 Å². The molecule has 1 N–H and O–H groups in total. The van der Waals surface area contributed by atoms with E-state index in [9.17, 15) is 29.3 Å². The molecule has 0 saturated carbocycles. The third-order valence-electron chi connectivity index (χ3n) is 7.29. The number of fused-ring (bicyclic) bond motifs is 1. The number of benzene rings is 3. The molecule has 2 amide bonds. The Balaban J connectivity index is 1.63. The smallest absolute Gasteiger partial charge is 0.411 e. The Labute approximate surface area is 247 Å². The van der Waals surface area contributed by atoms with Gasteiger partial charge >= 0.3 is 18.0 Å². The number of carbonyl (C=O) groups excluding carboxylic acids is 4. The second kappa shape index (κ2) is 14.1. The summed E-state index contributed by atoms with van der Waals surface area (Å²) in [5.74, 6) is -3.20. The van der Waals surface area contributed by atoms with Crippen molar-refractivity contribution in [1.82, 2.24) is 10.2 Å². The highest BCUT2D eigenvalue weighted by Crippen LogP contribution is 2.29. The molecule has 4 rings (SSSR count). The van der Waals surface area contributed by atoms with Crippen molar-refractivity contribution in [3.8, 4) is 0 Å². The maximum Gasteiger partial charge on any atom is 0.411 e. The number of carbonyl (C=O) groups is 4. The molecule has 3 aromatic rings. The van der Waals surface area contributed by atoms with Crippen molar-refractivity contribution in [2.45, 2.75) is 44.0 Å². The van der Waals surface area contributed by atoms with Crippen LogP contribution in [0.1, 0.15) is 34.6 Å². The second-order valence-corrected chi connectivity index (χ2v) is 9.90. The normalized spacial score (nSPS) is 15.3. The van der Waals surface area contributed by atoms with Gasteiger partial charge in [0.15, 0.2) is 0 Å². The number of methoxy groups -OCH3 is 2. The molecule has 1 aliphatic heterocycles. The van der Waals surface area contributed by atoms with Gasteiger partial charge < -0.3 is 19.5 Å². The van der Waals surface area contributed by atoms with Crippen LogP contribution in [-0.2, 0) is 48.2 Å². The molecule has 1 aliphatic rings. The molecule has 1 heterocycles. The summed E-state index contributed by atoms with van der Waals surface area (Å²) < 4.78 is 15.3. The lowest BCUT2D eigenvalue weighted by Crippen LogP contribution is -2.57. The highest BCUT2D eigenvalue weighted by molar-refractivity contribution is 5.91. The first-order chi connectivity index (χ1) is 20.7. The van der Waals surface area contributed by atoms with Crippen LogP contribution in [0.3, 0.4) is 0 Å². The molecule has 0 saturated heterocycles. The molecule has 0 fully saturated rings. The van der Waals surface area contributed by atoms with Gasteiger partial charge in [0.05, 0.1) is 32.1 Å². The van der Waals surface area contributed by atoms with E-state index >= 15 is 0 Å². The quantitative estimate of drug-likeness (QED) is 0.161. The first-order valence-corrected chi connectivity index (χ1v) is 13.4. The summed E-state index contributed by atoms with van der Waals surface area (Å²) in [6.07, 6.45) is -0.908. The third kappa shape index (κ3) is 7.53. The number of hydrogen-bond donors (Lipinski definition) is 1. The van der Waals surface area contributed by atoms with Gasteiger partial charge in [0.2, 0.25) is 5.91 Å². The molecular formula is C31H31N3O9. The number of non-ortho nitro benzene ring substituents is 1. The molecule has 12 heteroatoms. The predicted octanol–water partition coefficient (Wildman–Crippen LogP) is 3.66. The van der Waals surface area contributed by atoms with Crippen LogP contribution in [-0.4, -0.2) is 60.1 Å². The first-order valence-electron chi connectivity index (χ1n) is 13.4. The lowest BCUT2D eigenvalue weighted by Gasteiger charge is -2.36. The van der Waals surface area contributed by atoms with Crippen molar-refractivity contribution in [2.24, 2.45) is 0 Å². The largest absolute Gasteiger partial charge is 0.469 e. The number of hydrogen-bond acceptors (Lipinski definition) is 9. The number of esters is 2. The predicted molar refractivity (Wildman–Crippen MR) is 153 cm³/mol. The highest BCUT2D eigenvalue weighted by atomic mass is 16.6. The molecule has 0 spiro atoms. The zero-order valence-electron chi connectivity index (χ0n) is 23.6. The molecule has 224 valence electrons. The Morgan fingerprint density at radius 2 is 1.58 bits per heavy atom. The maximum atomic E-state index is 13.9. The fraction of sp³-hybridized carbons (Fsp3) is 0.290. The molecule has 0 aliphatic carbocycles. The van der Waals surface area contributed by atoms with Crippen LogP contribution >= 0.6 is 0 Å². The van der Waals surface area contributed by atoms with Gasteiger partial charge in [-0.3, -0.25) is 24.6 Å². The van der Waals surface area contributed by atoms with E-state index in [1.54, 1.807) is 0 Å². The van der Waals surface area contributed by atoms with E-state index in [0.29, 0.717) is 5.56 Å². The van der Waals surface area contributed by atoms with Crippen LogP contribution in [0.25, 0.3) is 0 Å². The molecule has 0 unspecified atom stereocenters. The Morgan fingerprint density at radius 1 is 0.930 bits per heavy atom. The number of nitrogens with zero attached hydrogens (tertiary/aromatic N) is 2. The average molecular weight is 590 g/mol. The Kier molecular flexibility index (Phi) is 10.0. The van der Waals surface area contributed by atoms with Crippen molar-refractivity contribution in [1.29, 1.82) is 0 Å². The summed E-state index contributed by atoms with van der Waals surface area (Å²) in [6, 6.07) is 19.3. The summed E-state index contributed by atoms with van der Waals surface area (Å²) in [5, 5.41) is 13.9. The standard InChI is InChI=1S/C31H31N3O9/c1-41-27(35)17-25(21-12-14-24(15-13-21)34(39)40)28(30(37)42-2)32-29(36)26-16-22-10-6-7-11-23(22)18-33(26)31(38)43-19-20-8-4-3-5-9-20/h3-15,25-26,28H,16-19H2,1-2H3,(H,32,36)/t25-,26+,28-/m1/s1. The van der Waals surface area contributed by atoms with Gasteiger partial charge in [-0.05, 0) is 22.3 Å². The fourth-order valence-corrected chi connectivity index (χ4v) is 4.99. The van der Waals surface area contributed by atoms with E-state index in [0.717, 1.165) is 23.8 Å². The van der Waals surface area contributed by atoms with E-state index < -0.39 is 46.9 Å². The van der Waals surface area contributed by atoms with Gasteiger partial charge in [0.1, 0.15) is 18.7 Å². The van der Waals surface area contributed by atoms with E-state index in [1.165, 1.54) is 36.3 Å². The lowest BCUT2D eigenvalue weighted by atomic mass is 9.87. The van der Waals surface area contributed by atoms with Gasteiger partial charge in [-0.15, -0.1) is 0 Å². The van der Waals surface area contributed by atoms with Crippen molar-refractivity contribution in [3.05, 3.63) is 111 Å². The number of nitro groups is 1. The minimum atomic E-state index is -1.39. The lowest BCUT2D eigenvalue weighted by molar-refractivity contribution is -0.384. The minimum Gasteiger partial charge on any atom is -0.469 e. The first kappa shape index (κ1) is 30.7. The van der Waals surface area contributed by atoms with Crippen LogP contribution in [0.2, 0.25) is 0 Å². The molecule has 12 nitrogen and oxygen atoms in total. The van der Waals surface area contributed by atoms with Gasteiger partial charge in [0, 0.05) is 24.5 Å². The van der Waals surface area contributed by atoms with Crippen molar-refractivity contribution in [3.63, 3.8) is 0 Å². The summed E-state index contributed by atoms with van der Waals surface area (Å²) in [4.78, 5) is 64.5. The number of nitro benzene ring substituents is 1. The minimum absolute atomic E-state index is 0.00169. The van der Waals surface area contributed by atoms with Crippen LogP contribution < -0.4 is 5.32 Å². The highest BCUT2D eigenvalue weighted by Gasteiger charge is 2.40. The van der Waals surface area contributed by atoms with Gasteiger partial charge in [0.25, 0.3) is 5.69 Å². The zero-order chi connectivity index (χ0) is 30.9. The molecule has 43 heavy (non-hydrogen) atoms. The SMILES string of the molecule is COC(=O)C[C@H](c1ccc([N+](=O)[O-])cc1)[C@@H](NC(=O)[C@@H]1Cc2ccccc2CN1C(=O)OCc1ccccc1)C(=O)OC. The summed E-state index contributed by atoms with van der Waals surface area (Å²) in [5.41, 5.74) is 2.64. The van der Waals surface area contributed by atoms with Crippen LogP contribution in [0.4, 0.5) is 10.5 Å². The number of amides is 2. The summed E-state index contributed by atoms with van der Waals surface area (Å²) in [6.45, 7) is 0.0943. The van der Waals surface area contributed by atoms with E-state index in [4.69, 9.17) is 14.2 Å². The Bertz CT molecular complexity index is 1480. The second-order valence-electron chi connectivity index (χ2n) is 9.90. The van der Waals surface area contributed by atoms with Crippen LogP contribution in [0.5, 0.6) is 0 Å². The number of rotatable bonds is 10. The molecule has 0 radical (unpaired) electrons. The Hall–Kier alpha value is -5.26. The third-order valence-corrected chi connectivity index (χ3v) is 7.29. The molecule has 0 bridgehead atoms. The molecule has 0 aromatic heterocycles. The molecular weight excluding hydrogens is 558 g/mol. The number of ether oxygens (including phenoxy) is 3. The van der Waals surface area contributed by atoms with Gasteiger partial charge in [-0.2, -0.15) is 0 Å². The summed E-state index contributed by atoms with van der Waals surface area (Å²) in [7, 11) is 2.32. The molecule has 3 atom stereocenters. The Morgan fingerprint density at radius 3 is 2.21 bits per heavy atom. The average Bonchev–Trinajstić information content (AvgIpc) is 3.04. The number of nitrogens with one attached hydrogen (secondary N) is 1. The van der Waals surface area contributed by atoms with Crippen molar-refractivity contribution < 1.29 is 38.3 Å². The zero-order valence-corrected chi connectivity index (χ0v) is 23.6. The van der Waals surface area contributed by atoms with Gasteiger partial charge in [-0.25, -0.2) is 9.59 Å². The fourth-order valence-electron chi connectivity index (χ4n) is 4.99. The van der Waals surface area contributed by atoms with Gasteiger partial charge in [-0.1, -0.05) is 66.7 Å². The van der Waals surface area contributed by atoms with E-state index in [2.05, 4.69) is 5.32 Å². The van der Waals surface area contributed by atoms with Crippen LogP contribution in [0.15, 0.2) is 78.9 Å². The molecule has 3 aromatic carbocycles. The maximum absolute atomic E-state index is 13.9. The summed E-state index contributed by atoms with van der Waals surface area (Å²) >= 11 is 0. The monoisotopic (exact) mass is 589 g/mol. The van der Waals surface area contributed by atoms with Crippen molar-refractivity contribution in [2.75, 3.05) is 14.2 Å². The van der Waals surface area contributed by atoms with Crippen molar-refractivity contribution >= 4 is 29.6 Å².